The van der Waals surface area contributed by atoms with Crippen LogP contribution >= 0.6 is 0 Å². The second-order valence-electron chi connectivity index (χ2n) is 11.3. The fourth-order valence-corrected chi connectivity index (χ4v) is 5.03. The summed E-state index contributed by atoms with van der Waals surface area (Å²) in [5.41, 5.74) is 1.08. The molecule has 0 unspecified atom stereocenters. The van der Waals surface area contributed by atoms with Gasteiger partial charge in [0.25, 0.3) is 0 Å². The van der Waals surface area contributed by atoms with E-state index in [9.17, 15) is 9.18 Å². The Kier molecular flexibility index (Phi) is 8.14. The predicted octanol–water partition coefficient (Wildman–Crippen LogP) is 6.32. The third-order valence-corrected chi connectivity index (χ3v) is 6.98. The van der Waals surface area contributed by atoms with Crippen molar-refractivity contribution < 1.29 is 22.8 Å². The molecule has 11 heteroatoms. The van der Waals surface area contributed by atoms with Gasteiger partial charge in [-0.25, -0.2) is 23.5 Å². The zero-order chi connectivity index (χ0) is 29.1. The Morgan fingerprint density at radius 1 is 1.15 bits per heavy atom. The Bertz CT molecular complexity index is 1540. The number of hydrogen-bond donors (Lipinski definition) is 1. The van der Waals surface area contributed by atoms with E-state index < -0.39 is 23.3 Å². The van der Waals surface area contributed by atoms with Gasteiger partial charge in [-0.3, -0.25) is 0 Å². The van der Waals surface area contributed by atoms with Crippen molar-refractivity contribution in [3.63, 3.8) is 0 Å². The van der Waals surface area contributed by atoms with Gasteiger partial charge < -0.3 is 19.5 Å². The minimum absolute atomic E-state index is 0.0447. The molecular weight excluding hydrogens is 530 g/mol. The first-order valence-corrected chi connectivity index (χ1v) is 13.9. The molecule has 2 aromatic carbocycles. The van der Waals surface area contributed by atoms with Crippen molar-refractivity contribution in [1.82, 2.24) is 25.4 Å². The van der Waals surface area contributed by atoms with Crippen molar-refractivity contribution in [2.45, 2.75) is 71.4 Å². The average molecular weight is 565 g/mol. The van der Waals surface area contributed by atoms with Gasteiger partial charge in [0.15, 0.2) is 5.82 Å². The quantitative estimate of drug-likeness (QED) is 0.278. The second kappa shape index (κ2) is 11.8. The van der Waals surface area contributed by atoms with E-state index in [-0.39, 0.29) is 18.0 Å². The number of fused-ring (bicyclic) bond motifs is 1. The highest BCUT2D eigenvalue weighted by Gasteiger charge is 2.27. The summed E-state index contributed by atoms with van der Waals surface area (Å²) in [7, 11) is 0. The summed E-state index contributed by atoms with van der Waals surface area (Å²) in [6.07, 6.45) is 4.15. The molecule has 41 heavy (non-hydrogen) atoms. The zero-order valence-corrected chi connectivity index (χ0v) is 23.7. The van der Waals surface area contributed by atoms with Crippen LogP contribution in [-0.2, 0) is 17.7 Å². The molecule has 4 aromatic rings. The molecule has 0 aliphatic carbocycles. The number of carbonyl (C=O) groups excluding carboxylic acids is 1. The summed E-state index contributed by atoms with van der Waals surface area (Å²) in [6.45, 7) is 8.66. The fourth-order valence-electron chi connectivity index (χ4n) is 5.03. The molecule has 3 heterocycles. The van der Waals surface area contributed by atoms with Crippen molar-refractivity contribution in [2.75, 3.05) is 18.0 Å². The van der Waals surface area contributed by atoms with Gasteiger partial charge in [0, 0.05) is 48.5 Å². The first-order valence-electron chi connectivity index (χ1n) is 13.9. The van der Waals surface area contributed by atoms with E-state index in [1.54, 1.807) is 32.9 Å². The second-order valence-corrected chi connectivity index (χ2v) is 11.3. The van der Waals surface area contributed by atoms with Crippen LogP contribution in [0.3, 0.4) is 0 Å². The lowest BCUT2D eigenvalue weighted by Gasteiger charge is -2.32. The number of alkyl carbamates (subject to hydrolysis) is 1. The summed E-state index contributed by atoms with van der Waals surface area (Å²) in [5.74, 6) is 1.22. The van der Waals surface area contributed by atoms with E-state index in [1.807, 2.05) is 0 Å². The highest BCUT2D eigenvalue weighted by atomic mass is 19.1. The molecule has 1 aliphatic heterocycles. The topological polar surface area (TPSA) is 106 Å². The number of benzene rings is 2. The summed E-state index contributed by atoms with van der Waals surface area (Å²) < 4.78 is 40.6. The van der Waals surface area contributed by atoms with Crippen molar-refractivity contribution >= 4 is 22.8 Å². The number of hydrogen-bond acceptors (Lipinski definition) is 8. The molecule has 1 fully saturated rings. The third-order valence-electron chi connectivity index (χ3n) is 6.98. The van der Waals surface area contributed by atoms with Crippen LogP contribution < -0.4 is 10.2 Å². The van der Waals surface area contributed by atoms with E-state index in [4.69, 9.17) is 9.26 Å². The number of carbonyl (C=O) groups is 1. The molecule has 0 radical (unpaired) electrons. The molecule has 1 N–H and O–H groups in total. The third kappa shape index (κ3) is 6.61. The van der Waals surface area contributed by atoms with Crippen molar-refractivity contribution in [1.29, 1.82) is 0 Å². The standard InChI is InChI=1S/C30H34F2N6O3/c1-5-6-25-36-27(37-41-25)18-9-11-38(12-10-18)28-23-15-21(31)14-22(26(23)34-17-35-28)19-7-8-20(24(32)13-19)16-33-29(39)40-30(2,3)4/h7-8,13-15,17-18H,5-6,9-12,16H2,1-4H3,(H,33,39). The number of halogens is 2. The molecule has 5 rings (SSSR count). The molecule has 1 amide bonds. The largest absolute Gasteiger partial charge is 0.444 e. The molecule has 216 valence electrons. The van der Waals surface area contributed by atoms with Gasteiger partial charge in [-0.2, -0.15) is 4.98 Å². The maximum Gasteiger partial charge on any atom is 0.407 e. The van der Waals surface area contributed by atoms with Crippen LogP contribution in [0.4, 0.5) is 19.4 Å². The minimum Gasteiger partial charge on any atom is -0.444 e. The van der Waals surface area contributed by atoms with Crippen LogP contribution in [0.15, 0.2) is 41.2 Å². The maximum atomic E-state index is 15.1. The number of piperidine rings is 1. The molecule has 1 aliphatic rings. The molecule has 0 atom stereocenters. The molecule has 9 nitrogen and oxygen atoms in total. The van der Waals surface area contributed by atoms with E-state index in [1.165, 1.54) is 24.5 Å². The lowest BCUT2D eigenvalue weighted by molar-refractivity contribution is 0.0523. The van der Waals surface area contributed by atoms with Gasteiger partial charge in [0.2, 0.25) is 5.89 Å². The lowest BCUT2D eigenvalue weighted by Crippen LogP contribution is -2.34. The molecule has 1 saturated heterocycles. The Hall–Kier alpha value is -4.15. The molecule has 0 saturated carbocycles. The van der Waals surface area contributed by atoms with Gasteiger partial charge in [0.05, 0.1) is 5.52 Å². The van der Waals surface area contributed by atoms with E-state index in [0.29, 0.717) is 46.8 Å². The average Bonchev–Trinajstić information content (AvgIpc) is 3.39. The zero-order valence-electron chi connectivity index (χ0n) is 23.7. The number of nitrogens with zero attached hydrogens (tertiary/aromatic N) is 5. The monoisotopic (exact) mass is 564 g/mol. The predicted molar refractivity (Wildman–Crippen MR) is 150 cm³/mol. The minimum atomic E-state index is -0.659. The smallest absolute Gasteiger partial charge is 0.407 e. The van der Waals surface area contributed by atoms with E-state index >= 15 is 4.39 Å². The first-order chi connectivity index (χ1) is 19.6. The van der Waals surface area contributed by atoms with Crippen LogP contribution in [0.25, 0.3) is 22.0 Å². The number of rotatable bonds is 7. The van der Waals surface area contributed by atoms with Crippen LogP contribution in [0, 0.1) is 11.6 Å². The van der Waals surface area contributed by atoms with Gasteiger partial charge in [-0.15, -0.1) is 0 Å². The lowest BCUT2D eigenvalue weighted by atomic mass is 9.95. The summed E-state index contributed by atoms with van der Waals surface area (Å²) >= 11 is 0. The molecule has 0 spiro atoms. The molecule has 0 bridgehead atoms. The number of aryl methyl sites for hydroxylation is 1. The number of ether oxygens (including phenoxy) is 1. The molecular formula is C30H34F2N6O3. The van der Waals surface area contributed by atoms with Crippen molar-refractivity contribution in [3.05, 3.63) is 65.6 Å². The number of nitrogens with one attached hydrogen (secondary N) is 1. The SMILES string of the molecule is CCCc1nc(C2CCN(c3ncnc4c(-c5ccc(CNC(=O)OC(C)(C)C)c(F)c5)cc(F)cc34)CC2)no1. The Balaban J connectivity index is 1.35. The fraction of sp³-hybridized carbons (Fsp3) is 0.433. The molecule has 2 aromatic heterocycles. The summed E-state index contributed by atoms with van der Waals surface area (Å²) in [5, 5.41) is 7.29. The van der Waals surface area contributed by atoms with E-state index in [2.05, 4.69) is 37.2 Å². The van der Waals surface area contributed by atoms with Crippen LogP contribution in [0.1, 0.15) is 70.2 Å². The van der Waals surface area contributed by atoms with Crippen LogP contribution in [0.2, 0.25) is 0 Å². The number of amides is 1. The summed E-state index contributed by atoms with van der Waals surface area (Å²) in [4.78, 5) is 27.6. The maximum absolute atomic E-state index is 15.1. The highest BCUT2D eigenvalue weighted by Crippen LogP contribution is 2.35. The normalized spacial score (nSPS) is 14.4. The Morgan fingerprint density at radius 3 is 2.63 bits per heavy atom. The first kappa shape index (κ1) is 28.4. The number of aromatic nitrogens is 4. The summed E-state index contributed by atoms with van der Waals surface area (Å²) in [6, 6.07) is 7.35. The van der Waals surface area contributed by atoms with Crippen molar-refractivity contribution in [2.24, 2.45) is 0 Å². The highest BCUT2D eigenvalue weighted by molar-refractivity contribution is 5.99. The van der Waals surface area contributed by atoms with Gasteiger partial charge in [-0.1, -0.05) is 24.2 Å². The van der Waals surface area contributed by atoms with Gasteiger partial charge in [-0.05, 0) is 63.8 Å². The number of anilines is 1. The van der Waals surface area contributed by atoms with E-state index in [0.717, 1.165) is 31.5 Å². The van der Waals surface area contributed by atoms with Crippen LogP contribution in [0.5, 0.6) is 0 Å². The van der Waals surface area contributed by atoms with Gasteiger partial charge in [0.1, 0.15) is 29.4 Å². The Morgan fingerprint density at radius 2 is 1.93 bits per heavy atom. The van der Waals surface area contributed by atoms with Crippen LogP contribution in [-0.4, -0.2) is 44.9 Å². The van der Waals surface area contributed by atoms with Crippen molar-refractivity contribution in [3.8, 4) is 11.1 Å². The van der Waals surface area contributed by atoms with Gasteiger partial charge >= 0.3 is 6.09 Å². The Labute approximate surface area is 237 Å².